The minimum atomic E-state index is -0.885. The molecule has 2 aromatic rings. The molecular weight excluding hydrogens is 244 g/mol. The third kappa shape index (κ3) is 2.59. The van der Waals surface area contributed by atoms with Crippen LogP contribution < -0.4 is 10.1 Å². The van der Waals surface area contributed by atoms with Crippen molar-refractivity contribution in [2.24, 2.45) is 0 Å². The summed E-state index contributed by atoms with van der Waals surface area (Å²) in [6, 6.07) is 6.81. The van der Waals surface area contributed by atoms with Gasteiger partial charge in [0.2, 0.25) is 0 Å². The SMILES string of the molecule is CCC(Nc1nccc2c(OC)cccc12)C(=O)O. The molecule has 0 aliphatic rings. The molecule has 5 heteroatoms. The van der Waals surface area contributed by atoms with E-state index in [4.69, 9.17) is 9.84 Å². The summed E-state index contributed by atoms with van der Waals surface area (Å²) < 4.78 is 5.29. The Balaban J connectivity index is 2.47. The fourth-order valence-electron chi connectivity index (χ4n) is 1.97. The summed E-state index contributed by atoms with van der Waals surface area (Å²) in [7, 11) is 1.61. The third-order valence-electron chi connectivity index (χ3n) is 3.00. The molecule has 0 aliphatic heterocycles. The van der Waals surface area contributed by atoms with Crippen LogP contribution >= 0.6 is 0 Å². The fraction of sp³-hybridized carbons (Fsp3) is 0.286. The summed E-state index contributed by atoms with van der Waals surface area (Å²) in [5, 5.41) is 13.8. The molecule has 1 atom stereocenters. The average molecular weight is 260 g/mol. The van der Waals surface area contributed by atoms with Crippen LogP contribution in [0.1, 0.15) is 13.3 Å². The van der Waals surface area contributed by atoms with Crippen LogP contribution in [0, 0.1) is 0 Å². The number of anilines is 1. The lowest BCUT2D eigenvalue weighted by molar-refractivity contribution is -0.137. The molecule has 100 valence electrons. The molecule has 0 amide bonds. The maximum absolute atomic E-state index is 11.1. The van der Waals surface area contributed by atoms with Gasteiger partial charge in [0, 0.05) is 17.0 Å². The Morgan fingerprint density at radius 1 is 1.42 bits per heavy atom. The molecule has 0 spiro atoms. The lowest BCUT2D eigenvalue weighted by Crippen LogP contribution is -2.28. The van der Waals surface area contributed by atoms with Gasteiger partial charge in [-0.3, -0.25) is 0 Å². The minimum Gasteiger partial charge on any atom is -0.496 e. The first-order chi connectivity index (χ1) is 9.17. The van der Waals surface area contributed by atoms with Crippen LogP contribution in [0.5, 0.6) is 5.75 Å². The van der Waals surface area contributed by atoms with Gasteiger partial charge in [-0.15, -0.1) is 0 Å². The molecule has 0 aliphatic carbocycles. The van der Waals surface area contributed by atoms with Crippen molar-refractivity contribution in [2.45, 2.75) is 19.4 Å². The van der Waals surface area contributed by atoms with E-state index in [2.05, 4.69) is 10.3 Å². The highest BCUT2D eigenvalue weighted by molar-refractivity contribution is 5.96. The smallest absolute Gasteiger partial charge is 0.326 e. The number of ether oxygens (including phenoxy) is 1. The summed E-state index contributed by atoms with van der Waals surface area (Å²) in [6.45, 7) is 1.82. The first-order valence-electron chi connectivity index (χ1n) is 6.08. The maximum Gasteiger partial charge on any atom is 0.326 e. The molecule has 0 saturated carbocycles. The van der Waals surface area contributed by atoms with Gasteiger partial charge in [-0.25, -0.2) is 9.78 Å². The fourth-order valence-corrected chi connectivity index (χ4v) is 1.97. The molecule has 5 nitrogen and oxygen atoms in total. The second-order valence-electron chi connectivity index (χ2n) is 4.16. The number of benzene rings is 1. The molecule has 0 bridgehead atoms. The standard InChI is InChI=1S/C14H16N2O3/c1-3-11(14(17)18)16-13-10-5-4-6-12(19-2)9(10)7-8-15-13/h4-8,11H,3H2,1-2H3,(H,15,16)(H,17,18). The molecule has 2 N–H and O–H groups in total. The van der Waals surface area contributed by atoms with Crippen LogP contribution in [0.25, 0.3) is 10.8 Å². The average Bonchev–Trinajstić information content (AvgIpc) is 2.43. The van der Waals surface area contributed by atoms with Gasteiger partial charge in [0.05, 0.1) is 7.11 Å². The number of hydrogen-bond acceptors (Lipinski definition) is 4. The molecule has 1 aromatic heterocycles. The van der Waals surface area contributed by atoms with Crippen molar-refractivity contribution < 1.29 is 14.6 Å². The van der Waals surface area contributed by atoms with Crippen LogP contribution in [-0.4, -0.2) is 29.2 Å². The van der Waals surface area contributed by atoms with E-state index in [0.29, 0.717) is 12.2 Å². The highest BCUT2D eigenvalue weighted by Crippen LogP contribution is 2.29. The molecule has 1 unspecified atom stereocenters. The van der Waals surface area contributed by atoms with Gasteiger partial charge < -0.3 is 15.2 Å². The molecule has 19 heavy (non-hydrogen) atoms. The van der Waals surface area contributed by atoms with Gasteiger partial charge in [-0.2, -0.15) is 0 Å². The quantitative estimate of drug-likeness (QED) is 0.864. The molecule has 2 rings (SSSR count). The highest BCUT2D eigenvalue weighted by atomic mass is 16.5. The molecule has 0 saturated heterocycles. The first-order valence-corrected chi connectivity index (χ1v) is 6.08. The zero-order chi connectivity index (χ0) is 13.8. The summed E-state index contributed by atoms with van der Waals surface area (Å²) in [5.41, 5.74) is 0. The van der Waals surface area contributed by atoms with Crippen molar-refractivity contribution >= 4 is 22.6 Å². The van der Waals surface area contributed by atoms with E-state index in [9.17, 15) is 4.79 Å². The van der Waals surface area contributed by atoms with E-state index in [1.54, 1.807) is 13.3 Å². The van der Waals surface area contributed by atoms with Gasteiger partial charge >= 0.3 is 5.97 Å². The number of carboxylic acid groups (broad SMARTS) is 1. The summed E-state index contributed by atoms with van der Waals surface area (Å²) >= 11 is 0. The number of nitrogens with one attached hydrogen (secondary N) is 1. The van der Waals surface area contributed by atoms with Crippen molar-refractivity contribution in [3.05, 3.63) is 30.5 Å². The van der Waals surface area contributed by atoms with E-state index >= 15 is 0 Å². The summed E-state index contributed by atoms with van der Waals surface area (Å²) in [4.78, 5) is 15.3. The van der Waals surface area contributed by atoms with Crippen LogP contribution in [0.3, 0.4) is 0 Å². The largest absolute Gasteiger partial charge is 0.496 e. The first kappa shape index (κ1) is 13.1. The van der Waals surface area contributed by atoms with Gasteiger partial charge in [0.1, 0.15) is 17.6 Å². The molecule has 1 heterocycles. The van der Waals surface area contributed by atoms with Crippen molar-refractivity contribution in [3.63, 3.8) is 0 Å². The number of aromatic nitrogens is 1. The molecular formula is C14H16N2O3. The monoisotopic (exact) mass is 260 g/mol. The maximum atomic E-state index is 11.1. The Hall–Kier alpha value is -2.30. The predicted octanol–water partition coefficient (Wildman–Crippen LogP) is 2.52. The number of carboxylic acids is 1. The highest BCUT2D eigenvalue weighted by Gasteiger charge is 2.16. The second-order valence-corrected chi connectivity index (χ2v) is 4.16. The lowest BCUT2D eigenvalue weighted by Gasteiger charge is -2.15. The Kier molecular flexibility index (Phi) is 3.85. The van der Waals surface area contributed by atoms with E-state index in [1.807, 2.05) is 31.2 Å². The number of rotatable bonds is 5. The minimum absolute atomic E-state index is 0.484. The number of hydrogen-bond donors (Lipinski definition) is 2. The molecule has 1 aromatic carbocycles. The lowest BCUT2D eigenvalue weighted by atomic mass is 10.1. The predicted molar refractivity (Wildman–Crippen MR) is 73.6 cm³/mol. The number of methoxy groups -OCH3 is 1. The number of aliphatic carboxylic acids is 1. The zero-order valence-electron chi connectivity index (χ0n) is 10.9. The van der Waals surface area contributed by atoms with E-state index < -0.39 is 12.0 Å². The zero-order valence-corrected chi connectivity index (χ0v) is 10.9. The topological polar surface area (TPSA) is 71.5 Å². The van der Waals surface area contributed by atoms with Crippen LogP contribution in [-0.2, 0) is 4.79 Å². The Bertz CT molecular complexity index is 598. The number of nitrogens with zero attached hydrogens (tertiary/aromatic N) is 1. The van der Waals surface area contributed by atoms with Gasteiger partial charge in [-0.05, 0) is 18.6 Å². The molecule has 0 fully saturated rings. The normalized spacial score (nSPS) is 12.1. The van der Waals surface area contributed by atoms with Gasteiger partial charge in [-0.1, -0.05) is 19.1 Å². The van der Waals surface area contributed by atoms with Crippen molar-refractivity contribution in [1.29, 1.82) is 0 Å². The number of carbonyl (C=O) groups is 1. The van der Waals surface area contributed by atoms with Crippen molar-refractivity contribution in [2.75, 3.05) is 12.4 Å². The van der Waals surface area contributed by atoms with Crippen molar-refractivity contribution in [3.8, 4) is 5.75 Å². The van der Waals surface area contributed by atoms with E-state index in [-0.39, 0.29) is 0 Å². The van der Waals surface area contributed by atoms with E-state index in [0.717, 1.165) is 16.5 Å². The third-order valence-corrected chi connectivity index (χ3v) is 3.00. The van der Waals surface area contributed by atoms with Crippen molar-refractivity contribution in [1.82, 2.24) is 4.98 Å². The second kappa shape index (κ2) is 5.56. The summed E-state index contributed by atoms with van der Waals surface area (Å²) in [6.07, 6.45) is 2.12. The van der Waals surface area contributed by atoms with Crippen LogP contribution in [0.15, 0.2) is 30.5 Å². The Labute approximate surface area is 111 Å². The van der Waals surface area contributed by atoms with Crippen LogP contribution in [0.4, 0.5) is 5.82 Å². The number of fused-ring (bicyclic) bond motifs is 1. The number of pyridine rings is 1. The Morgan fingerprint density at radius 3 is 2.84 bits per heavy atom. The molecule has 0 radical (unpaired) electrons. The van der Waals surface area contributed by atoms with E-state index in [1.165, 1.54) is 0 Å². The van der Waals surface area contributed by atoms with Gasteiger partial charge in [0.25, 0.3) is 0 Å². The Morgan fingerprint density at radius 2 is 2.21 bits per heavy atom. The summed E-state index contributed by atoms with van der Waals surface area (Å²) in [5.74, 6) is 0.418. The van der Waals surface area contributed by atoms with Crippen LogP contribution in [0.2, 0.25) is 0 Å². The van der Waals surface area contributed by atoms with Gasteiger partial charge in [0.15, 0.2) is 0 Å².